The maximum atomic E-state index is 11.8. The molecule has 4 nitrogen and oxygen atoms in total. The molecule has 0 spiro atoms. The lowest BCUT2D eigenvalue weighted by atomic mass is 10.3. The number of carbonyl (C=O) groups excluding carboxylic acids is 1. The number of thioether (sulfide) groups is 1. The van der Waals surface area contributed by atoms with E-state index in [4.69, 9.17) is 4.42 Å². The van der Waals surface area contributed by atoms with Crippen LogP contribution in [0.4, 0.5) is 5.13 Å². The van der Waals surface area contributed by atoms with Gasteiger partial charge in [0, 0.05) is 10.1 Å². The second-order valence-electron chi connectivity index (χ2n) is 5.40. The van der Waals surface area contributed by atoms with Crippen LogP contribution in [0.3, 0.4) is 0 Å². The first kappa shape index (κ1) is 15.1. The maximum Gasteiger partial charge on any atom is 0.236 e. The van der Waals surface area contributed by atoms with Gasteiger partial charge >= 0.3 is 0 Å². The summed E-state index contributed by atoms with van der Waals surface area (Å²) in [4.78, 5) is 16.2. The number of nitrogens with zero attached hydrogens (tertiary/aromatic N) is 1. The molecule has 0 saturated carbocycles. The summed E-state index contributed by atoms with van der Waals surface area (Å²) in [5.74, 6) is 1.98. The van der Waals surface area contributed by atoms with E-state index in [1.165, 1.54) is 11.3 Å². The number of amides is 1. The van der Waals surface area contributed by atoms with Gasteiger partial charge in [0.25, 0.3) is 0 Å². The second-order valence-corrected chi connectivity index (χ2v) is 8.06. The van der Waals surface area contributed by atoms with Crippen molar-refractivity contribution in [3.05, 3.63) is 23.3 Å². The molecule has 2 aromatic heterocycles. The average Bonchev–Trinajstić information content (AvgIpc) is 2.94. The number of furan rings is 1. The molecule has 0 aliphatic carbocycles. The SMILES string of the molecule is Cc1ccc(-c2csc(NC(=O)CSC(C)(C)C)n2)o1. The van der Waals surface area contributed by atoms with Crippen molar-refractivity contribution in [3.8, 4) is 11.5 Å². The molecule has 0 atom stereocenters. The monoisotopic (exact) mass is 310 g/mol. The zero-order chi connectivity index (χ0) is 14.8. The van der Waals surface area contributed by atoms with Crippen molar-refractivity contribution in [2.75, 3.05) is 11.1 Å². The van der Waals surface area contributed by atoms with E-state index in [1.807, 2.05) is 24.4 Å². The normalized spacial score (nSPS) is 11.6. The van der Waals surface area contributed by atoms with Crippen LogP contribution in [0, 0.1) is 6.92 Å². The van der Waals surface area contributed by atoms with Gasteiger partial charge in [-0.2, -0.15) is 0 Å². The van der Waals surface area contributed by atoms with Crippen LogP contribution in [-0.4, -0.2) is 21.4 Å². The van der Waals surface area contributed by atoms with Crippen molar-refractivity contribution in [2.45, 2.75) is 32.4 Å². The standard InChI is InChI=1S/C14H18N2O2S2/c1-9-5-6-11(18-9)10-7-19-13(15-10)16-12(17)8-20-14(2,3)4/h5-7H,8H2,1-4H3,(H,15,16,17). The Morgan fingerprint density at radius 1 is 1.45 bits per heavy atom. The predicted octanol–water partition coefficient (Wildman–Crippen LogP) is 4.18. The van der Waals surface area contributed by atoms with Crippen molar-refractivity contribution >= 4 is 34.1 Å². The first-order valence-electron chi connectivity index (χ1n) is 6.30. The topological polar surface area (TPSA) is 55.1 Å². The second kappa shape index (κ2) is 6.01. The zero-order valence-corrected chi connectivity index (χ0v) is 13.7. The van der Waals surface area contributed by atoms with Crippen LogP contribution in [0.25, 0.3) is 11.5 Å². The van der Waals surface area contributed by atoms with Crippen LogP contribution in [0.15, 0.2) is 21.9 Å². The van der Waals surface area contributed by atoms with Gasteiger partial charge in [-0.15, -0.1) is 23.1 Å². The Balaban J connectivity index is 1.94. The largest absolute Gasteiger partial charge is 0.460 e. The van der Waals surface area contributed by atoms with Crippen LogP contribution in [0.2, 0.25) is 0 Å². The highest BCUT2D eigenvalue weighted by atomic mass is 32.2. The molecule has 20 heavy (non-hydrogen) atoms. The number of nitrogens with one attached hydrogen (secondary N) is 1. The van der Waals surface area contributed by atoms with Gasteiger partial charge in [0.2, 0.25) is 5.91 Å². The number of carbonyl (C=O) groups is 1. The molecule has 1 N–H and O–H groups in total. The highest BCUT2D eigenvalue weighted by Crippen LogP contribution is 2.27. The van der Waals surface area contributed by atoms with Crippen molar-refractivity contribution in [2.24, 2.45) is 0 Å². The van der Waals surface area contributed by atoms with E-state index in [-0.39, 0.29) is 10.7 Å². The fourth-order valence-corrected chi connectivity index (χ4v) is 2.81. The maximum absolute atomic E-state index is 11.8. The van der Waals surface area contributed by atoms with E-state index in [2.05, 4.69) is 31.1 Å². The molecule has 2 aromatic rings. The van der Waals surface area contributed by atoms with Crippen LogP contribution < -0.4 is 5.32 Å². The van der Waals surface area contributed by atoms with E-state index in [0.29, 0.717) is 10.9 Å². The summed E-state index contributed by atoms with van der Waals surface area (Å²) in [6, 6.07) is 3.78. The summed E-state index contributed by atoms with van der Waals surface area (Å²) < 4.78 is 5.59. The molecule has 0 bridgehead atoms. The van der Waals surface area contributed by atoms with Gasteiger partial charge in [0.05, 0.1) is 5.75 Å². The molecular formula is C14H18N2O2S2. The quantitative estimate of drug-likeness (QED) is 0.920. The predicted molar refractivity (Wildman–Crippen MR) is 85.4 cm³/mol. The fraction of sp³-hybridized carbons (Fsp3) is 0.429. The van der Waals surface area contributed by atoms with E-state index < -0.39 is 0 Å². The third-order valence-electron chi connectivity index (χ3n) is 2.38. The minimum absolute atomic E-state index is 0.0264. The van der Waals surface area contributed by atoms with Gasteiger partial charge in [-0.05, 0) is 19.1 Å². The Morgan fingerprint density at radius 3 is 2.80 bits per heavy atom. The van der Waals surface area contributed by atoms with E-state index in [9.17, 15) is 4.79 Å². The summed E-state index contributed by atoms with van der Waals surface area (Å²) in [6.07, 6.45) is 0. The number of thiazole rings is 1. The van der Waals surface area contributed by atoms with Gasteiger partial charge in [-0.3, -0.25) is 4.79 Å². The molecule has 0 aromatic carbocycles. The molecule has 0 aliphatic rings. The minimum Gasteiger partial charge on any atom is -0.460 e. The van der Waals surface area contributed by atoms with Gasteiger partial charge in [0.15, 0.2) is 10.9 Å². The third kappa shape index (κ3) is 4.38. The minimum atomic E-state index is -0.0264. The molecule has 1 amide bonds. The smallest absolute Gasteiger partial charge is 0.236 e. The molecule has 0 fully saturated rings. The number of hydrogen-bond donors (Lipinski definition) is 1. The Bertz CT molecular complexity index is 596. The van der Waals surface area contributed by atoms with Gasteiger partial charge in [-0.25, -0.2) is 4.98 Å². The molecule has 0 aliphatic heterocycles. The highest BCUT2D eigenvalue weighted by molar-refractivity contribution is 8.01. The van der Waals surface area contributed by atoms with Crippen molar-refractivity contribution in [3.63, 3.8) is 0 Å². The van der Waals surface area contributed by atoms with Crippen molar-refractivity contribution in [1.82, 2.24) is 4.98 Å². The Morgan fingerprint density at radius 2 is 2.20 bits per heavy atom. The number of anilines is 1. The highest BCUT2D eigenvalue weighted by Gasteiger charge is 2.15. The van der Waals surface area contributed by atoms with Crippen LogP contribution >= 0.6 is 23.1 Å². The number of hydrogen-bond acceptors (Lipinski definition) is 5. The van der Waals surface area contributed by atoms with Gasteiger partial charge in [-0.1, -0.05) is 20.8 Å². The molecule has 0 saturated heterocycles. The Hall–Kier alpha value is -1.27. The Kier molecular flexibility index (Phi) is 4.55. The molecule has 0 unspecified atom stereocenters. The van der Waals surface area contributed by atoms with E-state index in [0.717, 1.165) is 17.2 Å². The first-order valence-corrected chi connectivity index (χ1v) is 8.16. The zero-order valence-electron chi connectivity index (χ0n) is 12.0. The Labute approximate surface area is 127 Å². The molecular weight excluding hydrogens is 292 g/mol. The summed E-state index contributed by atoms with van der Waals surface area (Å²) in [5, 5.41) is 5.30. The lowest BCUT2D eigenvalue weighted by Gasteiger charge is -2.16. The summed E-state index contributed by atoms with van der Waals surface area (Å²) in [6.45, 7) is 8.16. The summed E-state index contributed by atoms with van der Waals surface area (Å²) >= 11 is 3.02. The van der Waals surface area contributed by atoms with Crippen LogP contribution in [0.1, 0.15) is 26.5 Å². The summed E-state index contributed by atoms with van der Waals surface area (Å²) in [7, 11) is 0. The molecule has 0 radical (unpaired) electrons. The van der Waals surface area contributed by atoms with Crippen molar-refractivity contribution < 1.29 is 9.21 Å². The average molecular weight is 310 g/mol. The van der Waals surface area contributed by atoms with Crippen molar-refractivity contribution in [1.29, 1.82) is 0 Å². The number of aryl methyl sites for hydroxylation is 1. The van der Waals surface area contributed by atoms with Crippen LogP contribution in [0.5, 0.6) is 0 Å². The van der Waals surface area contributed by atoms with Gasteiger partial charge in [0.1, 0.15) is 11.5 Å². The van der Waals surface area contributed by atoms with E-state index in [1.54, 1.807) is 11.8 Å². The fourth-order valence-electron chi connectivity index (χ4n) is 1.45. The van der Waals surface area contributed by atoms with E-state index >= 15 is 0 Å². The molecule has 108 valence electrons. The van der Waals surface area contributed by atoms with Gasteiger partial charge < -0.3 is 9.73 Å². The molecule has 2 rings (SSSR count). The summed E-state index contributed by atoms with van der Waals surface area (Å²) in [5.41, 5.74) is 0.752. The van der Waals surface area contributed by atoms with Crippen LogP contribution in [-0.2, 0) is 4.79 Å². The lowest BCUT2D eigenvalue weighted by Crippen LogP contribution is -2.18. The lowest BCUT2D eigenvalue weighted by molar-refractivity contribution is -0.113. The first-order chi connectivity index (χ1) is 9.33. The third-order valence-corrected chi connectivity index (χ3v) is 4.41. The molecule has 2 heterocycles. The number of aromatic nitrogens is 1. The number of rotatable bonds is 4. The molecule has 6 heteroatoms.